The lowest BCUT2D eigenvalue weighted by Crippen LogP contribution is -2.40. The number of aromatic hydroxyl groups is 1. The molecule has 6 N–H and O–H groups in total. The quantitative estimate of drug-likeness (QED) is 0.0399. The Kier molecular flexibility index (Phi) is 12.9. The zero-order chi connectivity index (χ0) is 35.9. The molecule has 0 unspecified atom stereocenters. The van der Waals surface area contributed by atoms with Crippen molar-refractivity contribution in [3.63, 3.8) is 0 Å². The summed E-state index contributed by atoms with van der Waals surface area (Å²) in [5.74, 6) is 1.05. The first-order valence-electron chi connectivity index (χ1n) is 17.4. The van der Waals surface area contributed by atoms with Gasteiger partial charge in [-0.15, -0.1) is 0 Å². The minimum atomic E-state index is -0.534. The van der Waals surface area contributed by atoms with E-state index in [0.29, 0.717) is 53.4 Å². The molecule has 0 saturated carbocycles. The van der Waals surface area contributed by atoms with E-state index in [1.54, 1.807) is 36.4 Å². The van der Waals surface area contributed by atoms with Crippen LogP contribution in [0.4, 0.5) is 29.2 Å². The first-order chi connectivity index (χ1) is 24.7. The van der Waals surface area contributed by atoms with Crippen LogP contribution in [-0.4, -0.2) is 45.0 Å². The second-order valence-corrected chi connectivity index (χ2v) is 12.8. The van der Waals surface area contributed by atoms with E-state index < -0.39 is 5.54 Å². The molecule has 5 aromatic rings. The number of unbranched alkanes of at least 4 members (excludes halogenated alkanes) is 5. The molecule has 1 heterocycles. The van der Waals surface area contributed by atoms with Gasteiger partial charge in [0.1, 0.15) is 5.75 Å². The fourth-order valence-corrected chi connectivity index (χ4v) is 5.41. The Hall–Kier alpha value is -5.97. The lowest BCUT2D eigenvalue weighted by molar-refractivity contribution is 0.0910. The summed E-state index contributed by atoms with van der Waals surface area (Å²) in [5, 5.41) is 25.5. The van der Waals surface area contributed by atoms with Crippen molar-refractivity contribution in [1.82, 2.24) is 25.6 Å². The predicted octanol–water partition coefficient (Wildman–Crippen LogP) is 7.91. The fraction of sp³-hybridized carbons (Fsp3) is 0.275. The number of phenolic OH excluding ortho intramolecular Hbond substituents is 1. The smallest absolute Gasteiger partial charge is 0.251 e. The Bertz CT molecular complexity index is 1830. The van der Waals surface area contributed by atoms with Crippen molar-refractivity contribution in [3.05, 3.63) is 126 Å². The van der Waals surface area contributed by atoms with Crippen LogP contribution in [-0.2, 0) is 5.54 Å². The molecule has 0 atom stereocenters. The van der Waals surface area contributed by atoms with Gasteiger partial charge in [-0.25, -0.2) is 0 Å². The number of carbonyl (C=O) groups excluding carboxylic acids is 2. The predicted molar refractivity (Wildman–Crippen MR) is 203 cm³/mol. The van der Waals surface area contributed by atoms with Crippen LogP contribution in [0.25, 0.3) is 0 Å². The minimum absolute atomic E-state index is 0.0268. The maximum atomic E-state index is 13.1. The van der Waals surface area contributed by atoms with E-state index in [9.17, 15) is 14.7 Å². The second-order valence-electron chi connectivity index (χ2n) is 12.8. The van der Waals surface area contributed by atoms with Crippen LogP contribution in [0.1, 0.15) is 78.7 Å². The van der Waals surface area contributed by atoms with Crippen LogP contribution < -0.4 is 26.6 Å². The maximum absolute atomic E-state index is 13.1. The zero-order valence-electron chi connectivity index (χ0n) is 29.2. The molecule has 0 saturated heterocycles. The number of carbonyl (C=O) groups is 2. The highest BCUT2D eigenvalue weighted by molar-refractivity contribution is 5.95. The normalized spacial score (nSPS) is 11.0. The van der Waals surface area contributed by atoms with E-state index in [-0.39, 0.29) is 17.6 Å². The third-order valence-electron chi connectivity index (χ3n) is 8.29. The monoisotopic (exact) mass is 686 g/mol. The summed E-state index contributed by atoms with van der Waals surface area (Å²) >= 11 is 0. The van der Waals surface area contributed by atoms with Crippen molar-refractivity contribution < 1.29 is 14.7 Å². The Morgan fingerprint density at radius 1 is 0.569 bits per heavy atom. The molecular weight excluding hydrogens is 640 g/mol. The molecule has 0 aliphatic heterocycles. The van der Waals surface area contributed by atoms with Gasteiger partial charge < -0.3 is 31.7 Å². The summed E-state index contributed by atoms with van der Waals surface area (Å²) in [7, 11) is 0. The summed E-state index contributed by atoms with van der Waals surface area (Å²) in [4.78, 5) is 38.9. The fourth-order valence-electron chi connectivity index (χ4n) is 5.41. The SMILES string of the molecule is CC(C)(NC(=O)c1ccc(Nc2nc(NCCCCCCCCNC(=O)c3ccccc3)nc(Nc3ccc(O)cc3)n2)cc1)c1ccccc1. The van der Waals surface area contributed by atoms with E-state index in [0.717, 1.165) is 44.1 Å². The largest absolute Gasteiger partial charge is 0.508 e. The van der Waals surface area contributed by atoms with Crippen LogP contribution in [0, 0.1) is 0 Å². The van der Waals surface area contributed by atoms with Crippen molar-refractivity contribution in [2.45, 2.75) is 57.9 Å². The molecule has 0 aliphatic carbocycles. The highest BCUT2D eigenvalue weighted by atomic mass is 16.3. The van der Waals surface area contributed by atoms with E-state index >= 15 is 0 Å². The molecule has 4 aromatic carbocycles. The number of amides is 2. The van der Waals surface area contributed by atoms with Crippen molar-refractivity contribution in [2.24, 2.45) is 0 Å². The van der Waals surface area contributed by atoms with Gasteiger partial charge >= 0.3 is 0 Å². The first-order valence-corrected chi connectivity index (χ1v) is 17.4. The number of nitrogens with zero attached hydrogens (tertiary/aromatic N) is 3. The highest BCUT2D eigenvalue weighted by Crippen LogP contribution is 2.23. The molecule has 2 amide bonds. The zero-order valence-corrected chi connectivity index (χ0v) is 29.2. The van der Waals surface area contributed by atoms with Crippen molar-refractivity contribution >= 4 is 41.0 Å². The summed E-state index contributed by atoms with van der Waals surface area (Å²) in [6.07, 6.45) is 6.23. The topological polar surface area (TPSA) is 153 Å². The third-order valence-corrected chi connectivity index (χ3v) is 8.29. The Morgan fingerprint density at radius 2 is 1.06 bits per heavy atom. The molecular formula is C40H46N8O3. The molecule has 11 nitrogen and oxygen atoms in total. The molecule has 5 rings (SSSR count). The average molecular weight is 687 g/mol. The van der Waals surface area contributed by atoms with Crippen LogP contribution >= 0.6 is 0 Å². The second kappa shape index (κ2) is 18.1. The Balaban J connectivity index is 1.11. The Morgan fingerprint density at radius 3 is 1.67 bits per heavy atom. The van der Waals surface area contributed by atoms with Gasteiger partial charge in [-0.05, 0) is 92.9 Å². The van der Waals surface area contributed by atoms with Gasteiger partial charge in [-0.3, -0.25) is 9.59 Å². The van der Waals surface area contributed by atoms with Gasteiger partial charge in [0.2, 0.25) is 17.8 Å². The lowest BCUT2D eigenvalue weighted by Gasteiger charge is -2.27. The number of hydrogen-bond acceptors (Lipinski definition) is 9. The Labute approximate surface area is 299 Å². The highest BCUT2D eigenvalue weighted by Gasteiger charge is 2.23. The minimum Gasteiger partial charge on any atom is -0.508 e. The molecule has 0 fully saturated rings. The van der Waals surface area contributed by atoms with E-state index in [4.69, 9.17) is 0 Å². The number of hydrogen-bond donors (Lipinski definition) is 6. The molecule has 264 valence electrons. The maximum Gasteiger partial charge on any atom is 0.251 e. The van der Waals surface area contributed by atoms with E-state index in [2.05, 4.69) is 41.5 Å². The van der Waals surface area contributed by atoms with Gasteiger partial charge in [-0.1, -0.05) is 74.2 Å². The average Bonchev–Trinajstić information content (AvgIpc) is 3.14. The van der Waals surface area contributed by atoms with Gasteiger partial charge in [-0.2, -0.15) is 15.0 Å². The van der Waals surface area contributed by atoms with Crippen molar-refractivity contribution in [3.8, 4) is 5.75 Å². The molecule has 11 heteroatoms. The summed E-state index contributed by atoms with van der Waals surface area (Å²) in [5.41, 5.74) is 3.13. The number of phenols is 1. The molecule has 0 aliphatic rings. The van der Waals surface area contributed by atoms with Crippen LogP contribution in [0.15, 0.2) is 109 Å². The molecule has 0 bridgehead atoms. The summed E-state index contributed by atoms with van der Waals surface area (Å²) in [6, 6.07) is 32.9. The van der Waals surface area contributed by atoms with Crippen LogP contribution in [0.5, 0.6) is 5.75 Å². The van der Waals surface area contributed by atoms with Crippen LogP contribution in [0.2, 0.25) is 0 Å². The van der Waals surface area contributed by atoms with Gasteiger partial charge in [0.25, 0.3) is 11.8 Å². The molecule has 0 radical (unpaired) electrons. The molecule has 0 spiro atoms. The number of anilines is 5. The number of nitrogens with one attached hydrogen (secondary N) is 5. The van der Waals surface area contributed by atoms with Gasteiger partial charge in [0, 0.05) is 35.6 Å². The summed E-state index contributed by atoms with van der Waals surface area (Å²) < 4.78 is 0. The molecule has 1 aromatic heterocycles. The lowest BCUT2D eigenvalue weighted by atomic mass is 9.94. The standard InChI is InChI=1S/C40H46N8O3/c1-40(2,31-17-11-8-12-18-31)48-36(51)30-19-21-32(22-20-30)43-38-45-37(46-39(47-38)44-33-23-25-34(49)26-24-33)42-28-14-6-4-3-5-13-27-41-35(50)29-15-9-7-10-16-29/h7-12,15-26,49H,3-6,13-14,27-28H2,1-2H3,(H,41,50)(H,48,51)(H3,42,43,44,45,46,47). The first kappa shape index (κ1) is 36.3. The summed E-state index contributed by atoms with van der Waals surface area (Å²) in [6.45, 7) is 5.33. The molecule has 51 heavy (non-hydrogen) atoms. The van der Waals surface area contributed by atoms with E-state index in [1.165, 1.54) is 0 Å². The van der Waals surface area contributed by atoms with Crippen LogP contribution in [0.3, 0.4) is 0 Å². The number of rotatable bonds is 18. The van der Waals surface area contributed by atoms with E-state index in [1.807, 2.05) is 86.6 Å². The number of benzene rings is 4. The van der Waals surface area contributed by atoms with Gasteiger partial charge in [0.05, 0.1) is 5.54 Å². The van der Waals surface area contributed by atoms with Crippen molar-refractivity contribution in [1.29, 1.82) is 0 Å². The van der Waals surface area contributed by atoms with Gasteiger partial charge in [0.15, 0.2) is 0 Å². The number of aromatic nitrogens is 3. The van der Waals surface area contributed by atoms with Crippen molar-refractivity contribution in [2.75, 3.05) is 29.0 Å². The third kappa shape index (κ3) is 11.6.